The van der Waals surface area contributed by atoms with E-state index >= 15 is 0 Å². The van der Waals surface area contributed by atoms with E-state index < -0.39 is 0 Å². The molecule has 14 heavy (non-hydrogen) atoms. The van der Waals surface area contributed by atoms with E-state index in [1.54, 1.807) is 0 Å². The molecule has 0 saturated carbocycles. The maximum Gasteiger partial charge on any atom is 0.246 e. The molecule has 0 bridgehead atoms. The Balaban J connectivity index is 1.85. The molecule has 2 aliphatic heterocycles. The van der Waals surface area contributed by atoms with Gasteiger partial charge >= 0.3 is 0 Å². The Morgan fingerprint density at radius 3 is 3.14 bits per heavy atom. The molecule has 2 atom stereocenters. The number of ether oxygens (including phenoxy) is 1. The van der Waals surface area contributed by atoms with Crippen LogP contribution in [0.25, 0.3) is 0 Å². The van der Waals surface area contributed by atoms with Crippen LogP contribution in [0.5, 0.6) is 0 Å². The molecule has 2 aliphatic rings. The third kappa shape index (κ3) is 2.42. The molecule has 0 aromatic rings. The molecule has 80 valence electrons. The first kappa shape index (κ1) is 10.3. The van der Waals surface area contributed by atoms with Crippen LogP contribution in [-0.2, 0) is 9.53 Å². The van der Waals surface area contributed by atoms with Gasteiger partial charge in [-0.3, -0.25) is 4.79 Å². The molecule has 0 aliphatic carbocycles. The van der Waals surface area contributed by atoms with E-state index in [0.717, 1.165) is 12.3 Å². The van der Waals surface area contributed by atoms with Gasteiger partial charge in [-0.1, -0.05) is 0 Å². The van der Waals surface area contributed by atoms with Gasteiger partial charge in [0.15, 0.2) is 0 Å². The van der Waals surface area contributed by atoms with E-state index in [4.69, 9.17) is 4.74 Å². The first-order chi connectivity index (χ1) is 6.68. The van der Waals surface area contributed by atoms with Gasteiger partial charge in [0.1, 0.15) is 6.61 Å². The molecule has 0 radical (unpaired) electrons. The largest absolute Gasteiger partial charge is 0.364 e. The normalized spacial score (nSPS) is 38.4. The fourth-order valence-electron chi connectivity index (χ4n) is 2.11. The van der Waals surface area contributed by atoms with Crippen LogP contribution in [0, 0.1) is 5.92 Å². The molecule has 1 amide bonds. The third-order valence-electron chi connectivity index (χ3n) is 2.96. The van der Waals surface area contributed by atoms with Crippen LogP contribution in [0.3, 0.4) is 0 Å². The Bertz CT molecular complexity index is 216. The van der Waals surface area contributed by atoms with Gasteiger partial charge in [-0.2, -0.15) is 11.8 Å². The standard InChI is InChI=1S/C10H17NO2S/c1-10(4-8-2-3-14-6-8)7-11-9(12)5-13-10/h8H,2-7H2,1H3,(H,11,12). The van der Waals surface area contributed by atoms with E-state index in [2.05, 4.69) is 12.2 Å². The average molecular weight is 215 g/mol. The summed E-state index contributed by atoms with van der Waals surface area (Å²) in [4.78, 5) is 10.9. The van der Waals surface area contributed by atoms with Crippen molar-refractivity contribution in [2.45, 2.75) is 25.4 Å². The summed E-state index contributed by atoms with van der Waals surface area (Å²) in [6.07, 6.45) is 2.39. The Kier molecular flexibility index (Phi) is 3.02. The smallest absolute Gasteiger partial charge is 0.246 e. The number of hydrogen-bond acceptors (Lipinski definition) is 3. The van der Waals surface area contributed by atoms with Crippen molar-refractivity contribution in [3.05, 3.63) is 0 Å². The van der Waals surface area contributed by atoms with E-state index in [-0.39, 0.29) is 18.1 Å². The number of morpholine rings is 1. The number of amides is 1. The van der Waals surface area contributed by atoms with Crippen LogP contribution in [0.15, 0.2) is 0 Å². The van der Waals surface area contributed by atoms with Crippen molar-refractivity contribution < 1.29 is 9.53 Å². The summed E-state index contributed by atoms with van der Waals surface area (Å²) in [5, 5.41) is 2.88. The Morgan fingerprint density at radius 2 is 2.57 bits per heavy atom. The first-order valence-electron chi connectivity index (χ1n) is 5.16. The van der Waals surface area contributed by atoms with Gasteiger partial charge in [0.25, 0.3) is 0 Å². The minimum atomic E-state index is -0.122. The number of carbonyl (C=O) groups excluding carboxylic acids is 1. The molecule has 2 saturated heterocycles. The molecule has 0 aromatic carbocycles. The molecule has 2 heterocycles. The van der Waals surface area contributed by atoms with Crippen molar-refractivity contribution in [2.75, 3.05) is 24.7 Å². The lowest BCUT2D eigenvalue weighted by Gasteiger charge is -2.35. The molecule has 1 N–H and O–H groups in total. The monoisotopic (exact) mass is 215 g/mol. The highest BCUT2D eigenvalue weighted by Crippen LogP contribution is 2.32. The summed E-state index contributed by atoms with van der Waals surface area (Å²) in [5.74, 6) is 3.34. The lowest BCUT2D eigenvalue weighted by Crippen LogP contribution is -2.51. The van der Waals surface area contributed by atoms with Crippen LogP contribution in [-0.4, -0.2) is 36.2 Å². The third-order valence-corrected chi connectivity index (χ3v) is 4.19. The van der Waals surface area contributed by atoms with Gasteiger partial charge in [-0.25, -0.2) is 0 Å². The second-order valence-corrected chi connectivity index (χ2v) is 5.60. The van der Waals surface area contributed by atoms with E-state index in [1.165, 1.54) is 17.9 Å². The maximum absolute atomic E-state index is 10.9. The number of carbonyl (C=O) groups is 1. The number of thioether (sulfide) groups is 1. The molecule has 0 spiro atoms. The van der Waals surface area contributed by atoms with Crippen LogP contribution in [0.2, 0.25) is 0 Å². The molecular weight excluding hydrogens is 198 g/mol. The second-order valence-electron chi connectivity index (χ2n) is 4.45. The molecule has 4 heteroatoms. The molecular formula is C10H17NO2S. The molecule has 2 rings (SSSR count). The fourth-order valence-corrected chi connectivity index (χ4v) is 3.40. The van der Waals surface area contributed by atoms with Crippen molar-refractivity contribution in [1.29, 1.82) is 0 Å². The lowest BCUT2D eigenvalue weighted by molar-refractivity contribution is -0.143. The topological polar surface area (TPSA) is 38.3 Å². The van der Waals surface area contributed by atoms with Crippen molar-refractivity contribution in [2.24, 2.45) is 5.92 Å². The van der Waals surface area contributed by atoms with Gasteiger partial charge < -0.3 is 10.1 Å². The predicted octanol–water partition coefficient (Wildman–Crippen LogP) is 1.03. The Labute approximate surface area is 89.0 Å². The summed E-state index contributed by atoms with van der Waals surface area (Å²) in [6, 6.07) is 0. The molecule has 0 aromatic heterocycles. The first-order valence-corrected chi connectivity index (χ1v) is 6.32. The summed E-state index contributed by atoms with van der Waals surface area (Å²) in [5.41, 5.74) is -0.122. The average Bonchev–Trinajstić information content (AvgIpc) is 2.63. The van der Waals surface area contributed by atoms with Crippen molar-refractivity contribution in [1.82, 2.24) is 5.32 Å². The summed E-state index contributed by atoms with van der Waals surface area (Å²) in [7, 11) is 0. The summed E-state index contributed by atoms with van der Waals surface area (Å²) in [6.45, 7) is 3.01. The van der Waals surface area contributed by atoms with E-state index in [9.17, 15) is 4.79 Å². The molecule has 3 nitrogen and oxygen atoms in total. The minimum Gasteiger partial charge on any atom is -0.364 e. The number of hydrogen-bond donors (Lipinski definition) is 1. The van der Waals surface area contributed by atoms with E-state index in [0.29, 0.717) is 6.54 Å². The van der Waals surface area contributed by atoms with Crippen LogP contribution in [0.4, 0.5) is 0 Å². The maximum atomic E-state index is 10.9. The number of rotatable bonds is 2. The van der Waals surface area contributed by atoms with Crippen molar-refractivity contribution in [3.8, 4) is 0 Å². The zero-order chi connectivity index (χ0) is 10.0. The Morgan fingerprint density at radius 1 is 1.71 bits per heavy atom. The minimum absolute atomic E-state index is 0.0169. The van der Waals surface area contributed by atoms with Crippen LogP contribution in [0.1, 0.15) is 19.8 Å². The van der Waals surface area contributed by atoms with Gasteiger partial charge in [-0.15, -0.1) is 0 Å². The van der Waals surface area contributed by atoms with Gasteiger partial charge in [0.2, 0.25) is 5.91 Å². The highest BCUT2D eigenvalue weighted by Gasteiger charge is 2.34. The zero-order valence-electron chi connectivity index (χ0n) is 8.54. The van der Waals surface area contributed by atoms with Gasteiger partial charge in [0.05, 0.1) is 5.60 Å². The second kappa shape index (κ2) is 4.11. The fraction of sp³-hybridized carbons (Fsp3) is 0.900. The van der Waals surface area contributed by atoms with Crippen molar-refractivity contribution in [3.63, 3.8) is 0 Å². The zero-order valence-corrected chi connectivity index (χ0v) is 9.36. The molecule has 2 fully saturated rings. The Hall–Kier alpha value is -0.220. The number of nitrogens with one attached hydrogen (secondary N) is 1. The van der Waals surface area contributed by atoms with E-state index in [1.807, 2.05) is 11.8 Å². The quantitative estimate of drug-likeness (QED) is 0.748. The van der Waals surface area contributed by atoms with Crippen molar-refractivity contribution >= 4 is 17.7 Å². The van der Waals surface area contributed by atoms with Crippen LogP contribution < -0.4 is 5.32 Å². The van der Waals surface area contributed by atoms with Gasteiger partial charge in [-0.05, 0) is 37.2 Å². The summed E-state index contributed by atoms with van der Waals surface area (Å²) >= 11 is 2.03. The highest BCUT2D eigenvalue weighted by molar-refractivity contribution is 7.99. The lowest BCUT2D eigenvalue weighted by atomic mass is 9.90. The summed E-state index contributed by atoms with van der Waals surface area (Å²) < 4.78 is 5.62. The SMILES string of the molecule is CC1(CC2CCSC2)CNC(=O)CO1. The molecule has 2 unspecified atom stereocenters. The predicted molar refractivity (Wildman–Crippen MR) is 57.4 cm³/mol. The van der Waals surface area contributed by atoms with Crippen LogP contribution >= 0.6 is 11.8 Å². The highest BCUT2D eigenvalue weighted by atomic mass is 32.2. The van der Waals surface area contributed by atoms with Gasteiger partial charge in [0, 0.05) is 6.54 Å².